The number of morpholine rings is 1. The maximum atomic E-state index is 5.69. The number of methoxy groups -OCH3 is 1. The minimum absolute atomic E-state index is 0.256. The molecule has 2 heterocycles. The Bertz CT molecular complexity index is 596. The fourth-order valence-corrected chi connectivity index (χ4v) is 3.81. The van der Waals surface area contributed by atoms with Crippen molar-refractivity contribution in [3.63, 3.8) is 0 Å². The molecule has 2 aliphatic rings. The zero-order valence-corrected chi connectivity index (χ0v) is 17.2. The largest absolute Gasteiger partial charge is 0.497 e. The van der Waals surface area contributed by atoms with Crippen LogP contribution in [0.2, 0.25) is 0 Å². The van der Waals surface area contributed by atoms with Gasteiger partial charge in [-0.2, -0.15) is 0 Å². The molecule has 156 valence electrons. The molecule has 0 radical (unpaired) electrons. The van der Waals surface area contributed by atoms with E-state index in [1.165, 1.54) is 18.4 Å². The highest BCUT2D eigenvalue weighted by atomic mass is 16.5. The number of aliphatic imine (C=N–C) groups is 1. The molecule has 3 rings (SSSR count). The molecule has 0 amide bonds. The van der Waals surface area contributed by atoms with E-state index < -0.39 is 0 Å². The Labute approximate surface area is 168 Å². The molecular formula is C21H34N4O3. The number of nitrogens with zero attached hydrogens (tertiary/aromatic N) is 2. The van der Waals surface area contributed by atoms with Gasteiger partial charge in [0, 0.05) is 39.8 Å². The molecule has 0 saturated carbocycles. The summed E-state index contributed by atoms with van der Waals surface area (Å²) in [6.45, 7) is 5.98. The lowest BCUT2D eigenvalue weighted by atomic mass is 10.0. The zero-order chi connectivity index (χ0) is 19.6. The fraction of sp³-hybridized carbons (Fsp3) is 0.667. The van der Waals surface area contributed by atoms with Crippen molar-refractivity contribution in [2.24, 2.45) is 4.99 Å². The van der Waals surface area contributed by atoms with Gasteiger partial charge in [0.2, 0.25) is 0 Å². The van der Waals surface area contributed by atoms with Gasteiger partial charge in [-0.15, -0.1) is 0 Å². The lowest BCUT2D eigenvalue weighted by Crippen LogP contribution is -2.46. The maximum Gasteiger partial charge on any atom is 0.191 e. The minimum atomic E-state index is 0.256. The van der Waals surface area contributed by atoms with Crippen LogP contribution in [-0.4, -0.2) is 77.1 Å². The molecule has 7 heteroatoms. The standard InChI is InChI=1S/C21H34N4O3/c1-22-21(23-10-9-19-4-3-13-28-19)24-16-20(25-11-14-27-15-12-25)17-5-7-18(26-2)8-6-17/h5-8,19-20H,3-4,9-16H2,1-2H3,(H2,22,23,24). The van der Waals surface area contributed by atoms with E-state index in [9.17, 15) is 0 Å². The highest BCUT2D eigenvalue weighted by Gasteiger charge is 2.23. The summed E-state index contributed by atoms with van der Waals surface area (Å²) >= 11 is 0. The van der Waals surface area contributed by atoms with Gasteiger partial charge in [0.25, 0.3) is 0 Å². The van der Waals surface area contributed by atoms with Gasteiger partial charge in [-0.3, -0.25) is 9.89 Å². The van der Waals surface area contributed by atoms with E-state index in [1.807, 2.05) is 19.2 Å². The average Bonchev–Trinajstić information content (AvgIpc) is 3.27. The van der Waals surface area contributed by atoms with Gasteiger partial charge in [0.1, 0.15) is 5.75 Å². The van der Waals surface area contributed by atoms with Crippen molar-refractivity contribution < 1.29 is 14.2 Å². The zero-order valence-electron chi connectivity index (χ0n) is 17.2. The minimum Gasteiger partial charge on any atom is -0.497 e. The first-order chi connectivity index (χ1) is 13.8. The molecular weight excluding hydrogens is 356 g/mol. The molecule has 1 aromatic carbocycles. The topological polar surface area (TPSA) is 67.4 Å². The van der Waals surface area contributed by atoms with E-state index in [-0.39, 0.29) is 6.04 Å². The van der Waals surface area contributed by atoms with Crippen molar-refractivity contribution in [1.82, 2.24) is 15.5 Å². The Morgan fingerprint density at radius 2 is 2.00 bits per heavy atom. The van der Waals surface area contributed by atoms with Gasteiger partial charge in [0.05, 0.1) is 32.5 Å². The highest BCUT2D eigenvalue weighted by Crippen LogP contribution is 2.23. The van der Waals surface area contributed by atoms with Gasteiger partial charge < -0.3 is 24.8 Å². The first-order valence-electron chi connectivity index (χ1n) is 10.3. The molecule has 0 aliphatic carbocycles. The second kappa shape index (κ2) is 11.2. The molecule has 0 aromatic heterocycles. The monoisotopic (exact) mass is 390 g/mol. The van der Waals surface area contributed by atoms with Gasteiger partial charge in [0.15, 0.2) is 5.96 Å². The summed E-state index contributed by atoms with van der Waals surface area (Å²) in [6.07, 6.45) is 3.77. The van der Waals surface area contributed by atoms with Crippen LogP contribution in [0.3, 0.4) is 0 Å². The summed E-state index contributed by atoms with van der Waals surface area (Å²) in [5, 5.41) is 6.92. The normalized spacial score (nSPS) is 22.1. The SMILES string of the molecule is CN=C(NCCC1CCCO1)NCC(c1ccc(OC)cc1)N1CCOCC1. The van der Waals surface area contributed by atoms with Crippen LogP contribution in [0.4, 0.5) is 0 Å². The van der Waals surface area contributed by atoms with Crippen molar-refractivity contribution in [2.75, 3.05) is 60.2 Å². The Morgan fingerprint density at radius 1 is 1.21 bits per heavy atom. The summed E-state index contributed by atoms with van der Waals surface area (Å²) in [4.78, 5) is 6.85. The smallest absolute Gasteiger partial charge is 0.191 e. The van der Waals surface area contributed by atoms with Crippen LogP contribution in [0.1, 0.15) is 30.9 Å². The molecule has 2 saturated heterocycles. The second-order valence-corrected chi connectivity index (χ2v) is 7.24. The highest BCUT2D eigenvalue weighted by molar-refractivity contribution is 5.79. The molecule has 1 aromatic rings. The molecule has 2 atom stereocenters. The molecule has 0 spiro atoms. The number of hydrogen-bond acceptors (Lipinski definition) is 5. The van der Waals surface area contributed by atoms with Gasteiger partial charge in [-0.25, -0.2) is 0 Å². The van der Waals surface area contributed by atoms with Crippen LogP contribution >= 0.6 is 0 Å². The third-order valence-corrected chi connectivity index (χ3v) is 5.46. The summed E-state index contributed by atoms with van der Waals surface area (Å²) in [7, 11) is 3.51. The first kappa shape index (κ1) is 20.9. The van der Waals surface area contributed by atoms with E-state index in [1.54, 1.807) is 7.11 Å². The molecule has 2 N–H and O–H groups in total. The predicted octanol–water partition coefficient (Wildman–Crippen LogP) is 1.80. The van der Waals surface area contributed by atoms with Crippen LogP contribution < -0.4 is 15.4 Å². The summed E-state index contributed by atoms with van der Waals surface area (Å²) in [5.74, 6) is 1.72. The van der Waals surface area contributed by atoms with Gasteiger partial charge >= 0.3 is 0 Å². The van der Waals surface area contributed by atoms with Crippen molar-refractivity contribution in [1.29, 1.82) is 0 Å². The van der Waals surface area contributed by atoms with Crippen LogP contribution in [0.5, 0.6) is 5.75 Å². The second-order valence-electron chi connectivity index (χ2n) is 7.24. The molecule has 2 aliphatic heterocycles. The third-order valence-electron chi connectivity index (χ3n) is 5.46. The summed E-state index contributed by atoms with van der Waals surface area (Å²) in [6, 6.07) is 8.60. The number of guanidine groups is 1. The van der Waals surface area contributed by atoms with Crippen LogP contribution in [0, 0.1) is 0 Å². The molecule has 0 bridgehead atoms. The molecule has 2 fully saturated rings. The van der Waals surface area contributed by atoms with E-state index in [0.717, 1.165) is 64.1 Å². The average molecular weight is 391 g/mol. The number of ether oxygens (including phenoxy) is 3. The van der Waals surface area contributed by atoms with Crippen molar-refractivity contribution >= 4 is 5.96 Å². The van der Waals surface area contributed by atoms with E-state index in [4.69, 9.17) is 14.2 Å². The lowest BCUT2D eigenvalue weighted by Gasteiger charge is -2.35. The van der Waals surface area contributed by atoms with Gasteiger partial charge in [-0.05, 0) is 37.0 Å². The molecule has 2 unspecified atom stereocenters. The number of nitrogens with one attached hydrogen (secondary N) is 2. The number of hydrogen-bond donors (Lipinski definition) is 2. The van der Waals surface area contributed by atoms with E-state index >= 15 is 0 Å². The van der Waals surface area contributed by atoms with E-state index in [0.29, 0.717) is 6.10 Å². The maximum absolute atomic E-state index is 5.69. The Hall–Kier alpha value is -1.83. The first-order valence-corrected chi connectivity index (χ1v) is 10.3. The lowest BCUT2D eigenvalue weighted by molar-refractivity contribution is 0.0170. The quantitative estimate of drug-likeness (QED) is 0.521. The predicted molar refractivity (Wildman–Crippen MR) is 111 cm³/mol. The fourth-order valence-electron chi connectivity index (χ4n) is 3.81. The van der Waals surface area contributed by atoms with Crippen molar-refractivity contribution in [3.8, 4) is 5.75 Å². The van der Waals surface area contributed by atoms with Crippen molar-refractivity contribution in [2.45, 2.75) is 31.4 Å². The molecule has 28 heavy (non-hydrogen) atoms. The summed E-state index contributed by atoms with van der Waals surface area (Å²) < 4.78 is 16.5. The summed E-state index contributed by atoms with van der Waals surface area (Å²) in [5.41, 5.74) is 1.27. The Balaban J connectivity index is 1.56. The number of benzene rings is 1. The molecule has 7 nitrogen and oxygen atoms in total. The Kier molecular flexibility index (Phi) is 8.39. The Morgan fingerprint density at radius 3 is 2.64 bits per heavy atom. The third kappa shape index (κ3) is 6.09. The van der Waals surface area contributed by atoms with Crippen LogP contribution in [0.25, 0.3) is 0 Å². The van der Waals surface area contributed by atoms with Gasteiger partial charge in [-0.1, -0.05) is 12.1 Å². The van der Waals surface area contributed by atoms with Crippen LogP contribution in [0.15, 0.2) is 29.3 Å². The van der Waals surface area contributed by atoms with Crippen molar-refractivity contribution in [3.05, 3.63) is 29.8 Å². The van der Waals surface area contributed by atoms with E-state index in [2.05, 4.69) is 32.7 Å². The van der Waals surface area contributed by atoms with Crippen LogP contribution in [-0.2, 0) is 9.47 Å². The number of rotatable bonds is 8.